The van der Waals surface area contributed by atoms with E-state index in [1.807, 2.05) is 0 Å². The van der Waals surface area contributed by atoms with Crippen molar-refractivity contribution in [1.29, 1.82) is 0 Å². The minimum Gasteiger partial charge on any atom is -0.392 e. The van der Waals surface area contributed by atoms with Gasteiger partial charge in [-0.3, -0.25) is 0 Å². The molecule has 0 saturated heterocycles. The van der Waals surface area contributed by atoms with E-state index in [2.05, 4.69) is 22.9 Å². The van der Waals surface area contributed by atoms with Crippen LogP contribution in [0, 0.1) is 11.8 Å². The average Bonchev–Trinajstić information content (AvgIpc) is 2.05. The summed E-state index contributed by atoms with van der Waals surface area (Å²) in [5, 5.41) is 10.3. The molecule has 0 aromatic rings. The van der Waals surface area contributed by atoms with E-state index in [1.165, 1.54) is 25.7 Å². The number of aliphatic hydroxyl groups is 1. The second kappa shape index (κ2) is 4.46. The third kappa shape index (κ3) is 2.75. The van der Waals surface area contributed by atoms with Crippen molar-refractivity contribution >= 4 is 15.9 Å². The van der Waals surface area contributed by atoms with Gasteiger partial charge >= 0.3 is 0 Å². The fraction of sp³-hybridized carbons (Fsp3) is 1.00. The molecule has 1 nitrogen and oxygen atoms in total. The first-order valence-corrected chi connectivity index (χ1v) is 5.60. The Balaban J connectivity index is 2.27. The van der Waals surface area contributed by atoms with Crippen LogP contribution in [0.4, 0.5) is 0 Å². The molecule has 1 rings (SSSR count). The first kappa shape index (κ1) is 9.53. The minimum absolute atomic E-state index is 0.109. The Hall–Kier alpha value is 0.440. The van der Waals surface area contributed by atoms with Gasteiger partial charge in [-0.25, -0.2) is 0 Å². The summed E-state index contributed by atoms with van der Waals surface area (Å²) in [6, 6.07) is 0. The summed E-state index contributed by atoms with van der Waals surface area (Å²) in [5.41, 5.74) is 0. The molecule has 0 aliphatic heterocycles. The third-order valence-corrected chi connectivity index (χ3v) is 3.43. The van der Waals surface area contributed by atoms with Gasteiger partial charge in [0.15, 0.2) is 0 Å². The van der Waals surface area contributed by atoms with E-state index in [1.54, 1.807) is 0 Å². The minimum atomic E-state index is -0.109. The van der Waals surface area contributed by atoms with Gasteiger partial charge in [-0.1, -0.05) is 35.7 Å². The number of halogens is 1. The number of aliphatic hydroxyl groups excluding tert-OH is 1. The Labute approximate surface area is 77.3 Å². The molecule has 0 bridgehead atoms. The van der Waals surface area contributed by atoms with Gasteiger partial charge < -0.3 is 5.11 Å². The lowest BCUT2D eigenvalue weighted by Crippen LogP contribution is -2.26. The largest absolute Gasteiger partial charge is 0.392 e. The Bertz CT molecular complexity index is 108. The molecule has 66 valence electrons. The van der Waals surface area contributed by atoms with Crippen LogP contribution in [0.3, 0.4) is 0 Å². The summed E-state index contributed by atoms with van der Waals surface area (Å²) in [7, 11) is 0. The summed E-state index contributed by atoms with van der Waals surface area (Å²) >= 11 is 3.32. The van der Waals surface area contributed by atoms with Crippen molar-refractivity contribution in [3.63, 3.8) is 0 Å². The molecule has 1 unspecified atom stereocenters. The number of rotatable bonds is 2. The zero-order chi connectivity index (χ0) is 8.27. The van der Waals surface area contributed by atoms with Crippen LogP contribution in [0.15, 0.2) is 0 Å². The van der Waals surface area contributed by atoms with Crippen LogP contribution < -0.4 is 0 Å². The van der Waals surface area contributed by atoms with E-state index in [9.17, 15) is 5.11 Å². The average molecular weight is 221 g/mol. The van der Waals surface area contributed by atoms with Crippen molar-refractivity contribution < 1.29 is 5.11 Å². The highest BCUT2D eigenvalue weighted by molar-refractivity contribution is 9.09. The Morgan fingerprint density at radius 3 is 2.36 bits per heavy atom. The standard InChI is InChI=1S/C9H17BrO/c1-7-2-4-8(5-3-7)9(11)6-10/h7-9,11H,2-6H2,1H3. The van der Waals surface area contributed by atoms with Crippen LogP contribution in [0.2, 0.25) is 0 Å². The van der Waals surface area contributed by atoms with Crippen molar-refractivity contribution in [2.45, 2.75) is 38.7 Å². The maximum atomic E-state index is 9.52. The maximum Gasteiger partial charge on any atom is 0.0665 e. The van der Waals surface area contributed by atoms with Crippen LogP contribution >= 0.6 is 15.9 Å². The van der Waals surface area contributed by atoms with Crippen LogP contribution in [0.1, 0.15) is 32.6 Å². The first-order chi connectivity index (χ1) is 5.24. The van der Waals surface area contributed by atoms with Crippen molar-refractivity contribution in [2.75, 3.05) is 5.33 Å². The van der Waals surface area contributed by atoms with E-state index in [0.717, 1.165) is 11.2 Å². The lowest BCUT2D eigenvalue weighted by atomic mass is 9.81. The Morgan fingerprint density at radius 2 is 1.91 bits per heavy atom. The predicted octanol–water partition coefficient (Wildman–Crippen LogP) is 2.57. The van der Waals surface area contributed by atoms with Crippen LogP contribution in [0.5, 0.6) is 0 Å². The topological polar surface area (TPSA) is 20.2 Å². The molecule has 0 aromatic heterocycles. The van der Waals surface area contributed by atoms with E-state index >= 15 is 0 Å². The number of hydrogen-bond donors (Lipinski definition) is 1. The molecular formula is C9H17BrO. The van der Waals surface area contributed by atoms with Crippen molar-refractivity contribution in [3.8, 4) is 0 Å². The normalized spacial score (nSPS) is 35.2. The van der Waals surface area contributed by atoms with Crippen molar-refractivity contribution in [1.82, 2.24) is 0 Å². The van der Waals surface area contributed by atoms with E-state index in [4.69, 9.17) is 0 Å². The van der Waals surface area contributed by atoms with Gasteiger partial charge in [-0.15, -0.1) is 0 Å². The van der Waals surface area contributed by atoms with Gasteiger partial charge in [-0.2, -0.15) is 0 Å². The molecule has 0 radical (unpaired) electrons. The fourth-order valence-corrected chi connectivity index (χ4v) is 2.33. The summed E-state index contributed by atoms with van der Waals surface area (Å²) in [5.74, 6) is 1.44. The highest BCUT2D eigenvalue weighted by Gasteiger charge is 2.23. The molecule has 0 aromatic carbocycles. The molecule has 1 aliphatic carbocycles. The maximum absolute atomic E-state index is 9.52. The smallest absolute Gasteiger partial charge is 0.0665 e. The molecule has 0 amide bonds. The third-order valence-electron chi connectivity index (χ3n) is 2.76. The summed E-state index contributed by atoms with van der Waals surface area (Å²) in [6.45, 7) is 2.30. The molecule has 1 aliphatic rings. The van der Waals surface area contributed by atoms with Crippen molar-refractivity contribution in [3.05, 3.63) is 0 Å². The zero-order valence-corrected chi connectivity index (χ0v) is 8.68. The highest BCUT2D eigenvalue weighted by Crippen LogP contribution is 2.30. The Kier molecular flexibility index (Phi) is 3.86. The molecule has 1 saturated carbocycles. The first-order valence-electron chi connectivity index (χ1n) is 4.48. The molecule has 11 heavy (non-hydrogen) atoms. The molecular weight excluding hydrogens is 204 g/mol. The lowest BCUT2D eigenvalue weighted by molar-refractivity contribution is 0.0956. The summed E-state index contributed by atoms with van der Waals surface area (Å²) in [6.07, 6.45) is 4.92. The molecule has 1 N–H and O–H groups in total. The SMILES string of the molecule is CC1CCC(C(O)CBr)CC1. The summed E-state index contributed by atoms with van der Waals surface area (Å²) < 4.78 is 0. The molecule has 0 heterocycles. The van der Waals surface area contributed by atoms with Gasteiger partial charge in [0.05, 0.1) is 6.10 Å². The van der Waals surface area contributed by atoms with Gasteiger partial charge in [0, 0.05) is 5.33 Å². The lowest BCUT2D eigenvalue weighted by Gasteiger charge is -2.28. The highest BCUT2D eigenvalue weighted by atomic mass is 79.9. The van der Waals surface area contributed by atoms with Crippen LogP contribution in [-0.4, -0.2) is 16.5 Å². The van der Waals surface area contributed by atoms with E-state index in [-0.39, 0.29) is 6.10 Å². The van der Waals surface area contributed by atoms with Gasteiger partial charge in [0.25, 0.3) is 0 Å². The molecule has 2 heteroatoms. The molecule has 1 fully saturated rings. The van der Waals surface area contributed by atoms with E-state index in [0.29, 0.717) is 5.92 Å². The van der Waals surface area contributed by atoms with E-state index < -0.39 is 0 Å². The molecule has 0 spiro atoms. The second-order valence-electron chi connectivity index (χ2n) is 3.74. The predicted molar refractivity (Wildman–Crippen MR) is 50.9 cm³/mol. The zero-order valence-electron chi connectivity index (χ0n) is 7.09. The Morgan fingerprint density at radius 1 is 1.36 bits per heavy atom. The fourth-order valence-electron chi connectivity index (χ4n) is 1.80. The van der Waals surface area contributed by atoms with Crippen LogP contribution in [-0.2, 0) is 0 Å². The van der Waals surface area contributed by atoms with Gasteiger partial charge in [0.1, 0.15) is 0 Å². The second-order valence-corrected chi connectivity index (χ2v) is 4.39. The molecule has 1 atom stereocenters. The van der Waals surface area contributed by atoms with Gasteiger partial charge in [-0.05, 0) is 24.7 Å². The van der Waals surface area contributed by atoms with Gasteiger partial charge in [0.2, 0.25) is 0 Å². The quantitative estimate of drug-likeness (QED) is 0.710. The summed E-state index contributed by atoms with van der Waals surface area (Å²) in [4.78, 5) is 0. The van der Waals surface area contributed by atoms with Crippen molar-refractivity contribution in [2.24, 2.45) is 11.8 Å². The van der Waals surface area contributed by atoms with Crippen LogP contribution in [0.25, 0.3) is 0 Å². The monoisotopic (exact) mass is 220 g/mol. The number of hydrogen-bond acceptors (Lipinski definition) is 1. The number of alkyl halides is 1.